The topological polar surface area (TPSA) is 27.1 Å². The molecule has 0 N–H and O–H groups in total. The van der Waals surface area contributed by atoms with E-state index in [0.717, 1.165) is 12.3 Å². The average Bonchev–Trinajstić information content (AvgIpc) is 2.42. The highest BCUT2D eigenvalue weighted by Gasteiger charge is 2.12. The van der Waals surface area contributed by atoms with E-state index in [2.05, 4.69) is 24.7 Å². The lowest BCUT2D eigenvalue weighted by Gasteiger charge is -2.15. The molecule has 5 heteroatoms. The first-order valence-electron chi connectivity index (χ1n) is 5.16. The quantitative estimate of drug-likeness (QED) is 0.590. The van der Waals surface area contributed by atoms with Crippen molar-refractivity contribution in [2.24, 2.45) is 0 Å². The van der Waals surface area contributed by atoms with Crippen LogP contribution < -0.4 is 0 Å². The first-order valence-corrected chi connectivity index (χ1v) is 9.24. The maximum absolute atomic E-state index is 5.88. The van der Waals surface area contributed by atoms with Crippen molar-refractivity contribution in [2.45, 2.75) is 39.3 Å². The molecule has 1 aromatic rings. The lowest BCUT2D eigenvalue weighted by Crippen LogP contribution is -2.22. The second kappa shape index (κ2) is 5.14. The van der Waals surface area contributed by atoms with Crippen LogP contribution in [0.2, 0.25) is 30.7 Å². The molecule has 0 fully saturated rings. The number of nitrogens with zero attached hydrogens (tertiary/aromatic N) is 2. The zero-order valence-electron chi connectivity index (χ0n) is 9.88. The van der Waals surface area contributed by atoms with Crippen molar-refractivity contribution >= 4 is 19.7 Å². The van der Waals surface area contributed by atoms with E-state index in [1.54, 1.807) is 10.9 Å². The Morgan fingerprint density at radius 2 is 2.13 bits per heavy atom. The molecule has 0 bridgehead atoms. The molecule has 0 saturated heterocycles. The molecule has 0 aliphatic carbocycles. The van der Waals surface area contributed by atoms with E-state index in [0.29, 0.717) is 11.8 Å². The summed E-state index contributed by atoms with van der Waals surface area (Å²) in [6.45, 7) is 10.3. The van der Waals surface area contributed by atoms with Crippen LogP contribution in [0.15, 0.2) is 6.20 Å². The molecule has 1 aromatic heterocycles. The summed E-state index contributed by atoms with van der Waals surface area (Å²) in [5.41, 5.74) is 0.963. The third-order valence-corrected chi connectivity index (χ3v) is 4.33. The van der Waals surface area contributed by atoms with Gasteiger partial charge in [0.25, 0.3) is 0 Å². The molecule has 0 amide bonds. The second-order valence-electron chi connectivity index (χ2n) is 4.93. The molecule has 0 aliphatic heterocycles. The predicted octanol–water partition coefficient (Wildman–Crippen LogP) is 3.16. The van der Waals surface area contributed by atoms with Gasteiger partial charge in [-0.15, -0.1) is 0 Å². The van der Waals surface area contributed by atoms with Gasteiger partial charge in [0.05, 0.1) is 16.9 Å². The van der Waals surface area contributed by atoms with Crippen LogP contribution in [-0.4, -0.2) is 24.5 Å². The number of hydrogen-bond donors (Lipinski definition) is 0. The zero-order valence-corrected chi connectivity index (χ0v) is 11.6. The van der Waals surface area contributed by atoms with Crippen molar-refractivity contribution in [3.8, 4) is 0 Å². The highest BCUT2D eigenvalue weighted by atomic mass is 35.5. The van der Waals surface area contributed by atoms with Gasteiger partial charge in [-0.3, -0.25) is 0 Å². The normalized spacial score (nSPS) is 12.1. The predicted molar refractivity (Wildman–Crippen MR) is 66.1 cm³/mol. The Morgan fingerprint density at radius 1 is 1.47 bits per heavy atom. The van der Waals surface area contributed by atoms with Crippen LogP contribution in [0.5, 0.6) is 0 Å². The molecule has 0 unspecified atom stereocenters. The fourth-order valence-electron chi connectivity index (χ4n) is 1.08. The number of hydrogen-bond acceptors (Lipinski definition) is 2. The van der Waals surface area contributed by atoms with Crippen molar-refractivity contribution in [1.29, 1.82) is 0 Å². The van der Waals surface area contributed by atoms with Gasteiger partial charge in [-0.2, -0.15) is 5.10 Å². The molecule has 0 radical (unpaired) electrons. The van der Waals surface area contributed by atoms with Crippen molar-refractivity contribution in [2.75, 3.05) is 6.61 Å². The van der Waals surface area contributed by atoms with Crippen LogP contribution in [0, 0.1) is 6.92 Å². The number of halogens is 1. The monoisotopic (exact) mass is 246 g/mol. The number of aromatic nitrogens is 2. The van der Waals surface area contributed by atoms with Crippen LogP contribution in [-0.2, 0) is 11.5 Å². The van der Waals surface area contributed by atoms with Gasteiger partial charge >= 0.3 is 0 Å². The fraction of sp³-hybridized carbons (Fsp3) is 0.700. The van der Waals surface area contributed by atoms with Crippen LogP contribution in [0.3, 0.4) is 0 Å². The second-order valence-corrected chi connectivity index (χ2v) is 11.0. The Kier molecular flexibility index (Phi) is 4.37. The SMILES string of the molecule is Cc1c(Cl)cnn1COCC[Si](C)(C)C. The van der Waals surface area contributed by atoms with Gasteiger partial charge in [-0.25, -0.2) is 4.68 Å². The highest BCUT2D eigenvalue weighted by molar-refractivity contribution is 6.76. The molecule has 15 heavy (non-hydrogen) atoms. The molecular weight excluding hydrogens is 228 g/mol. The Morgan fingerprint density at radius 3 is 2.60 bits per heavy atom. The molecular formula is C10H19ClN2OSi. The minimum absolute atomic E-state index is 0.503. The molecule has 0 saturated carbocycles. The van der Waals surface area contributed by atoms with E-state index < -0.39 is 8.07 Å². The summed E-state index contributed by atoms with van der Waals surface area (Å²) in [6.07, 6.45) is 1.65. The van der Waals surface area contributed by atoms with Crippen LogP contribution >= 0.6 is 11.6 Å². The van der Waals surface area contributed by atoms with Crippen LogP contribution in [0.25, 0.3) is 0 Å². The first-order chi connectivity index (χ1) is 6.90. The largest absolute Gasteiger partial charge is 0.360 e. The van der Waals surface area contributed by atoms with E-state index >= 15 is 0 Å². The molecule has 86 valence electrons. The maximum Gasteiger partial charge on any atom is 0.139 e. The smallest absolute Gasteiger partial charge is 0.139 e. The van der Waals surface area contributed by atoms with Gasteiger partial charge in [0.1, 0.15) is 6.73 Å². The summed E-state index contributed by atoms with van der Waals surface area (Å²) in [5.74, 6) is 0. The Labute approximate surface area is 97.4 Å². The third-order valence-electron chi connectivity index (χ3n) is 2.25. The van der Waals surface area contributed by atoms with Gasteiger partial charge in [-0.05, 0) is 13.0 Å². The number of rotatable bonds is 5. The van der Waals surface area contributed by atoms with Gasteiger partial charge in [0.2, 0.25) is 0 Å². The van der Waals surface area contributed by atoms with E-state index in [4.69, 9.17) is 16.3 Å². The average molecular weight is 247 g/mol. The van der Waals surface area contributed by atoms with Crippen molar-refractivity contribution in [1.82, 2.24) is 9.78 Å². The van der Waals surface area contributed by atoms with Crippen molar-refractivity contribution in [3.63, 3.8) is 0 Å². The molecule has 0 aliphatic rings. The Balaban J connectivity index is 2.30. The van der Waals surface area contributed by atoms with E-state index in [-0.39, 0.29) is 0 Å². The lowest BCUT2D eigenvalue weighted by molar-refractivity contribution is 0.0771. The molecule has 0 spiro atoms. The summed E-state index contributed by atoms with van der Waals surface area (Å²) in [5, 5.41) is 4.82. The minimum Gasteiger partial charge on any atom is -0.360 e. The molecule has 3 nitrogen and oxygen atoms in total. The summed E-state index contributed by atoms with van der Waals surface area (Å²) in [4.78, 5) is 0. The fourth-order valence-corrected chi connectivity index (χ4v) is 1.98. The molecule has 0 aromatic carbocycles. The van der Waals surface area contributed by atoms with Crippen molar-refractivity contribution in [3.05, 3.63) is 16.9 Å². The van der Waals surface area contributed by atoms with E-state index in [1.807, 2.05) is 6.92 Å². The van der Waals surface area contributed by atoms with Gasteiger partial charge in [0, 0.05) is 14.7 Å². The summed E-state index contributed by atoms with van der Waals surface area (Å²) >= 11 is 5.88. The first kappa shape index (κ1) is 12.7. The highest BCUT2D eigenvalue weighted by Crippen LogP contribution is 2.13. The summed E-state index contributed by atoms with van der Waals surface area (Å²) in [7, 11) is -0.985. The summed E-state index contributed by atoms with van der Waals surface area (Å²) < 4.78 is 7.35. The van der Waals surface area contributed by atoms with E-state index in [9.17, 15) is 0 Å². The minimum atomic E-state index is -0.985. The van der Waals surface area contributed by atoms with Crippen LogP contribution in [0.1, 0.15) is 5.69 Å². The molecule has 1 rings (SSSR count). The standard InChI is InChI=1S/C10H19ClN2OSi/c1-9-10(11)7-12-13(9)8-14-5-6-15(2,3)4/h7H,5-6,8H2,1-4H3. The summed E-state index contributed by atoms with van der Waals surface area (Å²) in [6, 6.07) is 1.18. The lowest BCUT2D eigenvalue weighted by atomic mass is 10.5. The third kappa shape index (κ3) is 4.36. The van der Waals surface area contributed by atoms with Gasteiger partial charge < -0.3 is 4.74 Å². The molecule has 0 atom stereocenters. The molecule has 1 heterocycles. The van der Waals surface area contributed by atoms with Gasteiger partial charge in [0.15, 0.2) is 0 Å². The van der Waals surface area contributed by atoms with Crippen LogP contribution in [0.4, 0.5) is 0 Å². The van der Waals surface area contributed by atoms with Gasteiger partial charge in [-0.1, -0.05) is 31.2 Å². The zero-order chi connectivity index (χ0) is 11.5. The Hall–Kier alpha value is -0.323. The maximum atomic E-state index is 5.88. The number of ether oxygens (including phenoxy) is 1. The van der Waals surface area contributed by atoms with E-state index in [1.165, 1.54) is 6.04 Å². The van der Waals surface area contributed by atoms with Crippen molar-refractivity contribution < 1.29 is 4.74 Å². The Bertz CT molecular complexity index is 320.